The van der Waals surface area contributed by atoms with E-state index in [0.717, 1.165) is 28.1 Å². The quantitative estimate of drug-likeness (QED) is 0.264. The van der Waals surface area contributed by atoms with Gasteiger partial charge in [0.1, 0.15) is 0 Å². The molecule has 0 aliphatic carbocycles. The van der Waals surface area contributed by atoms with E-state index < -0.39 is 0 Å². The smallest absolute Gasteiger partial charge is 0.205 e. The van der Waals surface area contributed by atoms with Gasteiger partial charge in [0.05, 0.1) is 41.8 Å². The fourth-order valence-corrected chi connectivity index (χ4v) is 3.43. The average Bonchev–Trinajstić information content (AvgIpc) is 2.88. The Morgan fingerprint density at radius 1 is 0.972 bits per heavy atom. The van der Waals surface area contributed by atoms with E-state index in [1.54, 1.807) is 38.2 Å². The molecule has 4 aromatic rings. The Morgan fingerprint density at radius 2 is 1.67 bits per heavy atom. The van der Waals surface area contributed by atoms with Crippen molar-refractivity contribution >= 4 is 5.69 Å². The zero-order valence-electron chi connectivity index (χ0n) is 19.9. The summed E-state index contributed by atoms with van der Waals surface area (Å²) in [5.74, 6) is 0. The number of aromatic nitrogens is 2. The molecule has 0 fully saturated rings. The van der Waals surface area contributed by atoms with Gasteiger partial charge in [-0.15, -0.1) is 35.9 Å². The minimum absolute atomic E-state index is 0. The van der Waals surface area contributed by atoms with Gasteiger partial charge in [-0.1, -0.05) is 42.5 Å². The van der Waals surface area contributed by atoms with Crippen LogP contribution in [0.2, 0.25) is 0 Å². The second kappa shape index (κ2) is 14.0. The first-order valence-electron chi connectivity index (χ1n) is 11.1. The van der Waals surface area contributed by atoms with Crippen LogP contribution in [0.15, 0.2) is 79.0 Å². The summed E-state index contributed by atoms with van der Waals surface area (Å²) in [5, 5.41) is 26.3. The maximum Gasteiger partial charge on any atom is 0.205 e. The molecule has 0 saturated carbocycles. The molecule has 0 amide bonds. The van der Waals surface area contributed by atoms with Crippen molar-refractivity contribution in [2.24, 2.45) is 0 Å². The molecule has 0 saturated heterocycles. The second-order valence-electron chi connectivity index (χ2n) is 7.98. The van der Waals surface area contributed by atoms with Crippen LogP contribution in [0.1, 0.15) is 25.8 Å². The average molecular weight is 654 g/mol. The number of nitrogens with zero attached hydrogens (tertiary/aromatic N) is 4. The van der Waals surface area contributed by atoms with Gasteiger partial charge in [0.25, 0.3) is 0 Å². The second-order valence-corrected chi connectivity index (χ2v) is 7.98. The van der Waals surface area contributed by atoms with Crippen molar-refractivity contribution in [2.45, 2.75) is 32.5 Å². The third-order valence-electron chi connectivity index (χ3n) is 5.00. The first kappa shape index (κ1) is 28.5. The van der Waals surface area contributed by atoms with Crippen molar-refractivity contribution in [2.75, 3.05) is 0 Å². The van der Waals surface area contributed by atoms with E-state index in [2.05, 4.69) is 15.9 Å². The van der Waals surface area contributed by atoms with E-state index in [1.165, 1.54) is 0 Å². The van der Waals surface area contributed by atoms with Crippen molar-refractivity contribution in [3.05, 3.63) is 102 Å². The SMILES string of the molecule is CC(O)CC(C)O.[C-]#[N+]c1cc(-c2cnc(-c3[c-]cccc3)c(-c3ccccc3)n2)ccc1C#N.[Ir]. The Kier molecular flexibility index (Phi) is 11.1. The van der Waals surface area contributed by atoms with Crippen LogP contribution in [0, 0.1) is 24.0 Å². The largest absolute Gasteiger partial charge is 0.393 e. The van der Waals surface area contributed by atoms with Gasteiger partial charge in [-0.2, -0.15) is 5.26 Å². The van der Waals surface area contributed by atoms with Crippen LogP contribution in [-0.2, 0) is 20.1 Å². The molecule has 2 atom stereocenters. The Bertz CT molecular complexity index is 1340. The molecule has 0 spiro atoms. The van der Waals surface area contributed by atoms with E-state index in [9.17, 15) is 0 Å². The molecule has 1 aromatic heterocycles. The summed E-state index contributed by atoms with van der Waals surface area (Å²) in [6.45, 7) is 10.6. The van der Waals surface area contributed by atoms with Gasteiger partial charge >= 0.3 is 0 Å². The van der Waals surface area contributed by atoms with Crippen LogP contribution in [0.25, 0.3) is 38.6 Å². The first-order valence-corrected chi connectivity index (χ1v) is 11.1. The summed E-state index contributed by atoms with van der Waals surface area (Å²) in [5.41, 5.74) is 5.36. The van der Waals surface area contributed by atoms with E-state index in [1.807, 2.05) is 60.7 Å². The molecule has 0 bridgehead atoms. The van der Waals surface area contributed by atoms with Gasteiger partial charge < -0.3 is 15.2 Å². The van der Waals surface area contributed by atoms with Crippen LogP contribution < -0.4 is 0 Å². The Morgan fingerprint density at radius 3 is 2.22 bits per heavy atom. The maximum absolute atomic E-state index is 9.14. The molecule has 0 aliphatic rings. The number of rotatable bonds is 5. The van der Waals surface area contributed by atoms with Gasteiger partial charge in [0.2, 0.25) is 5.69 Å². The first-order chi connectivity index (χ1) is 16.9. The van der Waals surface area contributed by atoms with Gasteiger partial charge in [-0.05, 0) is 37.5 Å². The summed E-state index contributed by atoms with van der Waals surface area (Å²) in [6.07, 6.45) is 1.41. The van der Waals surface area contributed by atoms with Crippen LogP contribution in [0.4, 0.5) is 5.69 Å². The third-order valence-corrected chi connectivity index (χ3v) is 5.00. The Hall–Kier alpha value is -3.71. The molecule has 0 aliphatic heterocycles. The van der Waals surface area contributed by atoms with Crippen molar-refractivity contribution in [3.63, 3.8) is 0 Å². The van der Waals surface area contributed by atoms with Crippen molar-refractivity contribution in [1.29, 1.82) is 5.26 Å². The molecule has 7 heteroatoms. The molecule has 36 heavy (non-hydrogen) atoms. The van der Waals surface area contributed by atoms with Crippen molar-refractivity contribution in [1.82, 2.24) is 9.97 Å². The number of nitriles is 1. The third kappa shape index (κ3) is 7.65. The standard InChI is InChI=1S/C24H13N4.C5H12O2.Ir/c1-26-21-14-19(12-13-20(21)15-25)22-16-27-23(17-8-4-2-5-9-17)24(28-22)18-10-6-3-7-11-18;1-4(6)3-5(2)7;/h2-8,10-14,16H;4-7H,3H2,1-2H3;/q-1;;. The zero-order valence-corrected chi connectivity index (χ0v) is 22.3. The number of hydrogen-bond acceptors (Lipinski definition) is 5. The summed E-state index contributed by atoms with van der Waals surface area (Å²) >= 11 is 0. The Balaban J connectivity index is 0.000000503. The van der Waals surface area contributed by atoms with Gasteiger partial charge in [0.15, 0.2) is 0 Å². The van der Waals surface area contributed by atoms with Gasteiger partial charge in [0, 0.05) is 32.0 Å². The Labute approximate surface area is 225 Å². The monoisotopic (exact) mass is 654 g/mol. The van der Waals surface area contributed by atoms with E-state index in [4.69, 9.17) is 27.0 Å². The summed E-state index contributed by atoms with van der Waals surface area (Å²) < 4.78 is 0. The summed E-state index contributed by atoms with van der Waals surface area (Å²) in [4.78, 5) is 13.0. The summed E-state index contributed by atoms with van der Waals surface area (Å²) in [6, 6.07) is 27.9. The van der Waals surface area contributed by atoms with Crippen molar-refractivity contribution in [3.8, 4) is 39.8 Å². The molecule has 183 valence electrons. The van der Waals surface area contributed by atoms with E-state index in [-0.39, 0.29) is 32.3 Å². The number of hydrogen-bond donors (Lipinski definition) is 2. The van der Waals surface area contributed by atoms with Crippen molar-refractivity contribution < 1.29 is 30.3 Å². The fourth-order valence-electron chi connectivity index (χ4n) is 3.43. The maximum atomic E-state index is 9.14. The number of aliphatic hydroxyl groups excluding tert-OH is 2. The van der Waals surface area contributed by atoms with E-state index >= 15 is 0 Å². The molecule has 3 aromatic carbocycles. The normalized spacial score (nSPS) is 11.5. The predicted molar refractivity (Wildman–Crippen MR) is 136 cm³/mol. The zero-order chi connectivity index (χ0) is 25.2. The van der Waals surface area contributed by atoms with Gasteiger partial charge in [-0.25, -0.2) is 4.85 Å². The summed E-state index contributed by atoms with van der Waals surface area (Å²) in [7, 11) is 0. The minimum Gasteiger partial charge on any atom is -0.393 e. The number of aliphatic hydroxyl groups is 2. The fraction of sp³-hybridized carbons (Fsp3) is 0.172. The van der Waals surface area contributed by atoms with Crippen LogP contribution in [-0.4, -0.2) is 32.4 Å². The molecular weight excluding hydrogens is 629 g/mol. The predicted octanol–water partition coefficient (Wildman–Crippen LogP) is 5.84. The van der Waals surface area contributed by atoms with Crippen LogP contribution in [0.5, 0.6) is 0 Å². The molecule has 2 unspecified atom stereocenters. The molecule has 6 nitrogen and oxygen atoms in total. The van der Waals surface area contributed by atoms with Gasteiger partial charge in [-0.3, -0.25) is 4.98 Å². The molecule has 1 radical (unpaired) electrons. The molecule has 2 N–H and O–H groups in total. The molecule has 1 heterocycles. The van der Waals surface area contributed by atoms with E-state index in [0.29, 0.717) is 23.4 Å². The van der Waals surface area contributed by atoms with Crippen LogP contribution in [0.3, 0.4) is 0 Å². The van der Waals surface area contributed by atoms with Crippen LogP contribution >= 0.6 is 0 Å². The topological polar surface area (TPSA) is 94.4 Å². The molecule has 4 rings (SSSR count). The number of benzene rings is 3. The molecular formula is C29H25IrN4O2-. The minimum atomic E-state index is -0.375.